The Bertz CT molecular complexity index is 540. The molecule has 1 N–H and O–H groups in total. The van der Waals surface area contributed by atoms with Gasteiger partial charge in [0, 0.05) is 12.1 Å². The lowest BCUT2D eigenvalue weighted by Gasteiger charge is -2.05. The summed E-state index contributed by atoms with van der Waals surface area (Å²) in [5.74, 6) is -0.0182. The maximum absolute atomic E-state index is 11.7. The summed E-state index contributed by atoms with van der Waals surface area (Å²) in [6.45, 7) is 4.72. The molecule has 0 aliphatic carbocycles. The molecule has 98 valence electrons. The van der Waals surface area contributed by atoms with Crippen molar-refractivity contribution in [3.05, 3.63) is 59.7 Å². The normalized spacial score (nSPS) is 10.2. The SMILES string of the molecule is CCNC(=O)c1ccc(-c2ccc(CC)cc2)cc1. The van der Waals surface area contributed by atoms with Gasteiger partial charge in [0.05, 0.1) is 0 Å². The van der Waals surface area contributed by atoms with E-state index in [0.717, 1.165) is 12.0 Å². The van der Waals surface area contributed by atoms with Gasteiger partial charge in [0.1, 0.15) is 0 Å². The van der Waals surface area contributed by atoms with Crippen LogP contribution in [0.4, 0.5) is 0 Å². The van der Waals surface area contributed by atoms with Gasteiger partial charge in [-0.3, -0.25) is 4.79 Å². The van der Waals surface area contributed by atoms with Crippen LogP contribution in [0.5, 0.6) is 0 Å². The van der Waals surface area contributed by atoms with E-state index < -0.39 is 0 Å². The molecule has 19 heavy (non-hydrogen) atoms. The lowest BCUT2D eigenvalue weighted by molar-refractivity contribution is 0.0956. The van der Waals surface area contributed by atoms with E-state index in [0.29, 0.717) is 12.1 Å². The first kappa shape index (κ1) is 13.3. The fourth-order valence-electron chi connectivity index (χ4n) is 2.01. The standard InChI is InChI=1S/C17H19NO/c1-3-13-5-7-14(8-6-13)15-9-11-16(12-10-15)17(19)18-4-2/h5-12H,3-4H2,1-2H3,(H,18,19). The molecule has 0 atom stereocenters. The highest BCUT2D eigenvalue weighted by molar-refractivity contribution is 5.94. The summed E-state index contributed by atoms with van der Waals surface area (Å²) in [5, 5.41) is 2.80. The smallest absolute Gasteiger partial charge is 0.251 e. The highest BCUT2D eigenvalue weighted by atomic mass is 16.1. The zero-order valence-electron chi connectivity index (χ0n) is 11.4. The second-order valence-electron chi connectivity index (χ2n) is 4.49. The Hall–Kier alpha value is -2.09. The molecule has 0 unspecified atom stereocenters. The van der Waals surface area contributed by atoms with Gasteiger partial charge in [0.25, 0.3) is 5.91 Å². The molecule has 0 radical (unpaired) electrons. The van der Waals surface area contributed by atoms with Crippen LogP contribution in [0.15, 0.2) is 48.5 Å². The summed E-state index contributed by atoms with van der Waals surface area (Å²) in [5.41, 5.74) is 4.36. The first-order valence-electron chi connectivity index (χ1n) is 6.72. The van der Waals surface area contributed by atoms with Crippen LogP contribution in [-0.2, 0) is 6.42 Å². The number of amides is 1. The highest BCUT2D eigenvalue weighted by Gasteiger charge is 2.04. The molecule has 2 rings (SSSR count). The first-order chi connectivity index (χ1) is 9.24. The Balaban J connectivity index is 2.19. The number of nitrogens with one attached hydrogen (secondary N) is 1. The molecule has 2 nitrogen and oxygen atoms in total. The van der Waals surface area contributed by atoms with Gasteiger partial charge in [0.2, 0.25) is 0 Å². The molecule has 0 aliphatic heterocycles. The van der Waals surface area contributed by atoms with Crippen molar-refractivity contribution in [2.45, 2.75) is 20.3 Å². The Labute approximate surface area is 114 Å². The summed E-state index contributed by atoms with van der Waals surface area (Å²) in [4.78, 5) is 11.7. The van der Waals surface area contributed by atoms with Crippen molar-refractivity contribution in [1.29, 1.82) is 0 Å². The number of carbonyl (C=O) groups excluding carboxylic acids is 1. The van der Waals surface area contributed by atoms with E-state index in [1.165, 1.54) is 11.1 Å². The average Bonchev–Trinajstić information content (AvgIpc) is 2.48. The largest absolute Gasteiger partial charge is 0.352 e. The van der Waals surface area contributed by atoms with E-state index in [9.17, 15) is 4.79 Å². The molecule has 0 aromatic heterocycles. The van der Waals surface area contributed by atoms with Crippen molar-refractivity contribution in [2.75, 3.05) is 6.54 Å². The van der Waals surface area contributed by atoms with Crippen molar-refractivity contribution < 1.29 is 4.79 Å². The maximum atomic E-state index is 11.7. The van der Waals surface area contributed by atoms with Crippen LogP contribution in [0, 0.1) is 0 Å². The third-order valence-electron chi connectivity index (χ3n) is 3.18. The summed E-state index contributed by atoms with van der Waals surface area (Å²) >= 11 is 0. The van der Waals surface area contributed by atoms with Gasteiger partial charge in [-0.25, -0.2) is 0 Å². The Morgan fingerprint density at radius 2 is 1.42 bits per heavy atom. The molecule has 1 amide bonds. The lowest BCUT2D eigenvalue weighted by atomic mass is 10.0. The van der Waals surface area contributed by atoms with Crippen molar-refractivity contribution in [2.24, 2.45) is 0 Å². The van der Waals surface area contributed by atoms with E-state index >= 15 is 0 Å². The molecule has 0 bridgehead atoms. The number of hydrogen-bond donors (Lipinski definition) is 1. The van der Waals surface area contributed by atoms with Gasteiger partial charge in [-0.1, -0.05) is 43.3 Å². The Morgan fingerprint density at radius 3 is 1.89 bits per heavy atom. The average molecular weight is 253 g/mol. The lowest BCUT2D eigenvalue weighted by Crippen LogP contribution is -2.22. The van der Waals surface area contributed by atoms with Crippen LogP contribution in [0.3, 0.4) is 0 Å². The predicted octanol–water partition coefficient (Wildman–Crippen LogP) is 3.67. The van der Waals surface area contributed by atoms with Gasteiger partial charge >= 0.3 is 0 Å². The van der Waals surface area contributed by atoms with Gasteiger partial charge < -0.3 is 5.32 Å². The molecule has 0 saturated heterocycles. The fourth-order valence-corrected chi connectivity index (χ4v) is 2.01. The second-order valence-corrected chi connectivity index (χ2v) is 4.49. The first-order valence-corrected chi connectivity index (χ1v) is 6.72. The van der Waals surface area contributed by atoms with Crippen LogP contribution in [0.25, 0.3) is 11.1 Å². The molecule has 0 aliphatic rings. The molecule has 2 aromatic rings. The minimum Gasteiger partial charge on any atom is -0.352 e. The molecule has 0 spiro atoms. The van der Waals surface area contributed by atoms with Gasteiger partial charge in [0.15, 0.2) is 0 Å². The number of aryl methyl sites for hydroxylation is 1. The predicted molar refractivity (Wildman–Crippen MR) is 79.3 cm³/mol. The summed E-state index contributed by atoms with van der Waals surface area (Å²) in [6, 6.07) is 16.3. The second kappa shape index (κ2) is 6.19. The van der Waals surface area contributed by atoms with E-state index in [1.54, 1.807) is 0 Å². The molecule has 2 aromatic carbocycles. The minimum atomic E-state index is -0.0182. The molecular formula is C17H19NO. The van der Waals surface area contributed by atoms with E-state index in [1.807, 2.05) is 31.2 Å². The maximum Gasteiger partial charge on any atom is 0.251 e. The minimum absolute atomic E-state index is 0.0182. The zero-order chi connectivity index (χ0) is 13.7. The molecule has 0 heterocycles. The third-order valence-corrected chi connectivity index (χ3v) is 3.18. The van der Waals surface area contributed by atoms with Crippen LogP contribution in [-0.4, -0.2) is 12.5 Å². The van der Waals surface area contributed by atoms with E-state index in [2.05, 4.69) is 36.5 Å². The zero-order valence-corrected chi connectivity index (χ0v) is 11.4. The van der Waals surface area contributed by atoms with Gasteiger partial charge in [-0.05, 0) is 42.2 Å². The number of carbonyl (C=O) groups is 1. The van der Waals surface area contributed by atoms with Crippen LogP contribution in [0.1, 0.15) is 29.8 Å². The number of rotatable bonds is 4. The van der Waals surface area contributed by atoms with Gasteiger partial charge in [-0.15, -0.1) is 0 Å². The van der Waals surface area contributed by atoms with Crippen molar-refractivity contribution in [3.8, 4) is 11.1 Å². The van der Waals surface area contributed by atoms with Crippen molar-refractivity contribution >= 4 is 5.91 Å². The molecule has 0 saturated carbocycles. The van der Waals surface area contributed by atoms with Crippen LogP contribution in [0.2, 0.25) is 0 Å². The monoisotopic (exact) mass is 253 g/mol. The number of benzene rings is 2. The molecule has 0 fully saturated rings. The fraction of sp³-hybridized carbons (Fsp3) is 0.235. The summed E-state index contributed by atoms with van der Waals surface area (Å²) in [7, 11) is 0. The molecule has 2 heteroatoms. The van der Waals surface area contributed by atoms with Crippen molar-refractivity contribution in [1.82, 2.24) is 5.32 Å². The summed E-state index contributed by atoms with van der Waals surface area (Å²) < 4.78 is 0. The van der Waals surface area contributed by atoms with Crippen LogP contribution >= 0.6 is 0 Å². The highest BCUT2D eigenvalue weighted by Crippen LogP contribution is 2.20. The number of hydrogen-bond acceptors (Lipinski definition) is 1. The van der Waals surface area contributed by atoms with E-state index in [-0.39, 0.29) is 5.91 Å². The van der Waals surface area contributed by atoms with Gasteiger partial charge in [-0.2, -0.15) is 0 Å². The molecular weight excluding hydrogens is 234 g/mol. The topological polar surface area (TPSA) is 29.1 Å². The van der Waals surface area contributed by atoms with Crippen molar-refractivity contribution in [3.63, 3.8) is 0 Å². The Morgan fingerprint density at radius 1 is 0.895 bits per heavy atom. The van der Waals surface area contributed by atoms with E-state index in [4.69, 9.17) is 0 Å². The summed E-state index contributed by atoms with van der Waals surface area (Å²) in [6.07, 6.45) is 1.05. The third kappa shape index (κ3) is 3.22. The quantitative estimate of drug-likeness (QED) is 0.885. The van der Waals surface area contributed by atoms with Crippen LogP contribution < -0.4 is 5.32 Å². The Kier molecular flexibility index (Phi) is 4.35.